The Morgan fingerprint density at radius 2 is 2.00 bits per heavy atom. The molecule has 1 atom stereocenters. The Morgan fingerprint density at radius 3 is 2.43 bits per heavy atom. The molecule has 0 bridgehead atoms. The van der Waals surface area contributed by atoms with Crippen LogP contribution in [-0.4, -0.2) is 18.1 Å². The average Bonchev–Trinajstić information content (AvgIpc) is 2.01. The van der Waals surface area contributed by atoms with Crippen LogP contribution >= 0.6 is 15.9 Å². The minimum atomic E-state index is -4.69. The molecule has 0 spiro atoms. The van der Waals surface area contributed by atoms with Gasteiger partial charge in [0.2, 0.25) is 5.44 Å². The van der Waals surface area contributed by atoms with Crippen LogP contribution in [0.5, 0.6) is 0 Å². The molecule has 0 heterocycles. The predicted octanol–water partition coefficient (Wildman–Crippen LogP) is 1.47. The highest BCUT2D eigenvalue weighted by Crippen LogP contribution is 2.23. The number of hydrogen-bond donors (Lipinski definition) is 2. The van der Waals surface area contributed by atoms with Crippen LogP contribution in [0.15, 0.2) is 22.7 Å². The molecule has 0 amide bonds. The van der Waals surface area contributed by atoms with Gasteiger partial charge >= 0.3 is 0 Å². The summed E-state index contributed by atoms with van der Waals surface area (Å²) in [5.74, 6) is -0.912. The SMILES string of the molecule is O=S(=O)(O)C(O)c1ccc(Br)cc1F. The van der Waals surface area contributed by atoms with Gasteiger partial charge in [0.15, 0.2) is 0 Å². The van der Waals surface area contributed by atoms with Crippen molar-refractivity contribution in [2.24, 2.45) is 0 Å². The Kier molecular flexibility index (Phi) is 3.25. The topological polar surface area (TPSA) is 74.6 Å². The zero-order valence-corrected chi connectivity index (χ0v) is 9.09. The van der Waals surface area contributed by atoms with E-state index in [1.54, 1.807) is 0 Å². The first kappa shape index (κ1) is 11.6. The van der Waals surface area contributed by atoms with Crippen molar-refractivity contribution < 1.29 is 22.5 Å². The molecule has 4 nitrogen and oxygen atoms in total. The Labute approximate surface area is 88.3 Å². The van der Waals surface area contributed by atoms with Gasteiger partial charge in [-0.15, -0.1) is 0 Å². The Bertz CT molecular complexity index is 445. The number of aliphatic hydroxyl groups excluding tert-OH is 1. The molecule has 1 aromatic rings. The monoisotopic (exact) mass is 284 g/mol. The van der Waals surface area contributed by atoms with Crippen molar-refractivity contribution in [3.63, 3.8) is 0 Å². The van der Waals surface area contributed by atoms with Crippen molar-refractivity contribution >= 4 is 26.0 Å². The highest BCUT2D eigenvalue weighted by atomic mass is 79.9. The smallest absolute Gasteiger partial charge is 0.296 e. The molecule has 0 aliphatic heterocycles. The normalized spacial score (nSPS) is 14.0. The van der Waals surface area contributed by atoms with Crippen LogP contribution in [0.4, 0.5) is 4.39 Å². The Morgan fingerprint density at radius 1 is 1.43 bits per heavy atom. The zero-order chi connectivity index (χ0) is 10.9. The minimum Gasteiger partial charge on any atom is -0.371 e. The van der Waals surface area contributed by atoms with Gasteiger partial charge in [-0.25, -0.2) is 4.39 Å². The summed E-state index contributed by atoms with van der Waals surface area (Å²) in [6.45, 7) is 0. The zero-order valence-electron chi connectivity index (χ0n) is 6.68. The van der Waals surface area contributed by atoms with Crippen molar-refractivity contribution in [3.8, 4) is 0 Å². The van der Waals surface area contributed by atoms with E-state index in [9.17, 15) is 12.8 Å². The van der Waals surface area contributed by atoms with Crippen LogP contribution in [0.2, 0.25) is 0 Å². The molecule has 1 unspecified atom stereocenters. The van der Waals surface area contributed by atoms with Gasteiger partial charge < -0.3 is 5.11 Å². The van der Waals surface area contributed by atoms with E-state index in [0.29, 0.717) is 4.47 Å². The summed E-state index contributed by atoms with van der Waals surface area (Å²) in [6, 6.07) is 3.41. The summed E-state index contributed by atoms with van der Waals surface area (Å²) in [5, 5.41) is 9.04. The molecule has 1 aromatic carbocycles. The van der Waals surface area contributed by atoms with Gasteiger partial charge in [-0.1, -0.05) is 22.0 Å². The molecule has 1 rings (SSSR count). The fourth-order valence-corrected chi connectivity index (χ4v) is 1.71. The maximum atomic E-state index is 13.1. The summed E-state index contributed by atoms with van der Waals surface area (Å²) >= 11 is 2.96. The molecule has 0 saturated carbocycles. The van der Waals surface area contributed by atoms with E-state index in [0.717, 1.165) is 12.1 Å². The molecule has 78 valence electrons. The van der Waals surface area contributed by atoms with Crippen LogP contribution in [0.25, 0.3) is 0 Å². The first-order valence-electron chi connectivity index (χ1n) is 3.41. The third-order valence-electron chi connectivity index (χ3n) is 1.51. The largest absolute Gasteiger partial charge is 0.371 e. The number of benzene rings is 1. The van der Waals surface area contributed by atoms with Crippen LogP contribution in [0.3, 0.4) is 0 Å². The van der Waals surface area contributed by atoms with Gasteiger partial charge in [0.25, 0.3) is 10.1 Å². The van der Waals surface area contributed by atoms with Crippen LogP contribution in [-0.2, 0) is 10.1 Å². The minimum absolute atomic E-state index is 0.404. The van der Waals surface area contributed by atoms with Crippen LogP contribution < -0.4 is 0 Å². The molecule has 0 radical (unpaired) electrons. The number of hydrogen-bond acceptors (Lipinski definition) is 3. The maximum Gasteiger partial charge on any atom is 0.296 e. The van der Waals surface area contributed by atoms with Gasteiger partial charge in [-0.05, 0) is 12.1 Å². The molecule has 0 aromatic heterocycles. The first-order chi connectivity index (χ1) is 6.32. The molecular weight excluding hydrogens is 279 g/mol. The summed E-state index contributed by atoms with van der Waals surface area (Å²) in [4.78, 5) is 0. The maximum absolute atomic E-state index is 13.1. The number of rotatable bonds is 2. The van der Waals surface area contributed by atoms with E-state index in [1.807, 2.05) is 0 Å². The Balaban J connectivity index is 3.21. The van der Waals surface area contributed by atoms with Crippen LogP contribution in [0, 0.1) is 5.82 Å². The lowest BCUT2D eigenvalue weighted by molar-refractivity contribution is 0.233. The highest BCUT2D eigenvalue weighted by molar-refractivity contribution is 9.10. The van der Waals surface area contributed by atoms with E-state index < -0.39 is 26.9 Å². The average molecular weight is 285 g/mol. The third-order valence-corrected chi connectivity index (χ3v) is 2.82. The molecule has 0 fully saturated rings. The van der Waals surface area contributed by atoms with Gasteiger partial charge in [0.1, 0.15) is 5.82 Å². The second-order valence-corrected chi connectivity index (χ2v) is 4.93. The molecule has 0 saturated heterocycles. The van der Waals surface area contributed by atoms with Gasteiger partial charge in [-0.2, -0.15) is 8.42 Å². The predicted molar refractivity (Wildman–Crippen MR) is 50.6 cm³/mol. The summed E-state index contributed by atoms with van der Waals surface area (Å²) < 4.78 is 42.9. The van der Waals surface area contributed by atoms with Crippen molar-refractivity contribution in [2.75, 3.05) is 0 Å². The Hall–Kier alpha value is -0.500. The molecule has 0 aliphatic carbocycles. The van der Waals surface area contributed by atoms with E-state index in [1.165, 1.54) is 6.07 Å². The van der Waals surface area contributed by atoms with Crippen molar-refractivity contribution in [3.05, 3.63) is 34.1 Å². The highest BCUT2D eigenvalue weighted by Gasteiger charge is 2.24. The lowest BCUT2D eigenvalue weighted by Gasteiger charge is -2.08. The molecule has 7 heteroatoms. The van der Waals surface area contributed by atoms with E-state index in [-0.39, 0.29) is 0 Å². The standard InChI is InChI=1S/C7H6BrFO4S/c8-4-1-2-5(6(9)3-4)7(10)14(11,12)13/h1-3,7,10H,(H,11,12,13). The quantitative estimate of drug-likeness (QED) is 0.807. The second kappa shape index (κ2) is 3.93. The molecule has 0 aliphatic rings. The van der Waals surface area contributed by atoms with Crippen molar-refractivity contribution in [1.29, 1.82) is 0 Å². The van der Waals surface area contributed by atoms with Crippen LogP contribution in [0.1, 0.15) is 11.0 Å². The summed E-state index contributed by atoms with van der Waals surface area (Å²) in [7, 11) is -4.69. The molecule has 14 heavy (non-hydrogen) atoms. The lowest BCUT2D eigenvalue weighted by atomic mass is 10.2. The summed E-state index contributed by atoms with van der Waals surface area (Å²) in [5.41, 5.74) is -2.74. The van der Waals surface area contributed by atoms with Crippen molar-refractivity contribution in [1.82, 2.24) is 0 Å². The van der Waals surface area contributed by atoms with Gasteiger partial charge in [0, 0.05) is 10.0 Å². The lowest BCUT2D eigenvalue weighted by Crippen LogP contribution is -2.12. The molecular formula is C7H6BrFO4S. The summed E-state index contributed by atoms with van der Waals surface area (Å²) in [6.07, 6.45) is 0. The molecule has 2 N–H and O–H groups in total. The number of aliphatic hydroxyl groups is 1. The van der Waals surface area contributed by atoms with Crippen molar-refractivity contribution in [2.45, 2.75) is 5.44 Å². The van der Waals surface area contributed by atoms with Gasteiger partial charge in [-0.3, -0.25) is 4.55 Å². The fraction of sp³-hybridized carbons (Fsp3) is 0.143. The van der Waals surface area contributed by atoms with E-state index >= 15 is 0 Å². The number of halogens is 2. The van der Waals surface area contributed by atoms with Gasteiger partial charge in [0.05, 0.1) is 0 Å². The third kappa shape index (κ3) is 2.50. The first-order valence-corrected chi connectivity index (χ1v) is 5.71. The second-order valence-electron chi connectivity index (χ2n) is 2.53. The van der Waals surface area contributed by atoms with E-state index in [2.05, 4.69) is 15.9 Å². The van der Waals surface area contributed by atoms with E-state index in [4.69, 9.17) is 9.66 Å². The fourth-order valence-electron chi connectivity index (χ4n) is 0.862.